The molecule has 3 aromatic rings. The fourth-order valence-corrected chi connectivity index (χ4v) is 4.52. The Balaban J connectivity index is 1.76. The fourth-order valence-electron chi connectivity index (χ4n) is 3.71. The maximum atomic E-state index is 13.6. The number of hydrogen-bond acceptors (Lipinski definition) is 5. The van der Waals surface area contributed by atoms with Gasteiger partial charge < -0.3 is 10.6 Å². The first-order valence-corrected chi connectivity index (χ1v) is 12.0. The van der Waals surface area contributed by atoms with Crippen LogP contribution in [0.15, 0.2) is 58.9 Å². The topological polar surface area (TPSA) is 71.8 Å². The van der Waals surface area contributed by atoms with Crippen LogP contribution in [0.5, 0.6) is 0 Å². The van der Waals surface area contributed by atoms with Gasteiger partial charge in [-0.15, -0.1) is 5.10 Å². The number of halogens is 1. The molecule has 4 rings (SSSR count). The van der Waals surface area contributed by atoms with Crippen molar-refractivity contribution in [3.63, 3.8) is 0 Å². The summed E-state index contributed by atoms with van der Waals surface area (Å²) in [6, 6.07) is 13.0. The van der Waals surface area contributed by atoms with Crippen molar-refractivity contribution in [3.8, 4) is 0 Å². The minimum absolute atomic E-state index is 0.174. The van der Waals surface area contributed by atoms with E-state index in [2.05, 4.69) is 22.5 Å². The third kappa shape index (κ3) is 4.40. The largest absolute Gasteiger partial charge is 0.328 e. The van der Waals surface area contributed by atoms with Crippen LogP contribution in [-0.4, -0.2) is 26.4 Å². The molecule has 0 saturated carbocycles. The minimum Gasteiger partial charge on any atom is -0.328 e. The summed E-state index contributed by atoms with van der Waals surface area (Å²) in [5, 5.41) is 12.5. The molecular weight excluding hydrogens is 442 g/mol. The lowest BCUT2D eigenvalue weighted by atomic mass is 9.95. The van der Waals surface area contributed by atoms with Crippen molar-refractivity contribution in [3.05, 3.63) is 75.4 Å². The van der Waals surface area contributed by atoms with Crippen molar-refractivity contribution in [2.45, 2.75) is 45.3 Å². The maximum Gasteiger partial charge on any atom is 0.255 e. The lowest BCUT2D eigenvalue weighted by molar-refractivity contribution is -0.113. The normalized spacial score (nSPS) is 15.3. The highest BCUT2D eigenvalue weighted by atomic mass is 35.5. The summed E-state index contributed by atoms with van der Waals surface area (Å²) in [6.45, 7) is 8.07. The number of anilines is 2. The molecule has 1 aromatic heterocycles. The van der Waals surface area contributed by atoms with Gasteiger partial charge in [-0.1, -0.05) is 54.6 Å². The smallest absolute Gasteiger partial charge is 0.255 e. The summed E-state index contributed by atoms with van der Waals surface area (Å²) in [7, 11) is 0. The van der Waals surface area contributed by atoms with E-state index in [-0.39, 0.29) is 5.91 Å². The number of carbonyl (C=O) groups excluding carboxylic acids is 1. The second-order valence-corrected chi connectivity index (χ2v) is 9.33. The summed E-state index contributed by atoms with van der Waals surface area (Å²) >= 11 is 7.74. The molecule has 0 saturated heterocycles. The first-order valence-electron chi connectivity index (χ1n) is 10.6. The van der Waals surface area contributed by atoms with Crippen LogP contribution in [-0.2, 0) is 4.79 Å². The van der Waals surface area contributed by atoms with Gasteiger partial charge in [0.05, 0.1) is 5.57 Å². The van der Waals surface area contributed by atoms with E-state index in [1.807, 2.05) is 63.2 Å². The molecule has 1 aliphatic heterocycles. The van der Waals surface area contributed by atoms with E-state index in [0.717, 1.165) is 40.2 Å². The number of nitrogens with zero attached hydrogens (tertiary/aromatic N) is 3. The Morgan fingerprint density at radius 3 is 2.66 bits per heavy atom. The molecular formula is C24H26ClN5OS. The second kappa shape index (κ2) is 9.38. The zero-order valence-electron chi connectivity index (χ0n) is 18.6. The standard InChI is InChI=1S/C24H26ClN5OS/c1-5-13-32-24-28-23-26-16(4)20(22(31)27-19-8-6-7-14(2)15(19)3)21(30(23)29-24)17-9-11-18(25)12-10-17/h6-12,21H,5,13H2,1-4H3,(H,27,31)(H,26,28,29). The Bertz CT molecular complexity index is 1190. The molecule has 1 atom stereocenters. The molecule has 0 fully saturated rings. The molecule has 0 radical (unpaired) electrons. The Hall–Kier alpha value is -2.77. The molecule has 1 amide bonds. The zero-order valence-corrected chi connectivity index (χ0v) is 20.1. The zero-order chi connectivity index (χ0) is 22.8. The molecule has 2 aromatic carbocycles. The number of amides is 1. The van der Waals surface area contributed by atoms with Gasteiger partial charge >= 0.3 is 0 Å². The number of aromatic nitrogens is 3. The summed E-state index contributed by atoms with van der Waals surface area (Å²) in [4.78, 5) is 18.2. The van der Waals surface area contributed by atoms with E-state index < -0.39 is 6.04 Å². The van der Waals surface area contributed by atoms with Crippen LogP contribution in [0, 0.1) is 13.8 Å². The van der Waals surface area contributed by atoms with Crippen LogP contribution in [0.3, 0.4) is 0 Å². The summed E-state index contributed by atoms with van der Waals surface area (Å²) in [5.41, 5.74) is 5.23. The first kappa shape index (κ1) is 22.4. The number of nitrogens with one attached hydrogen (secondary N) is 2. The van der Waals surface area contributed by atoms with Gasteiger partial charge in [0, 0.05) is 22.2 Å². The summed E-state index contributed by atoms with van der Waals surface area (Å²) in [5.74, 6) is 1.39. The van der Waals surface area contributed by atoms with E-state index >= 15 is 0 Å². The van der Waals surface area contributed by atoms with Crippen molar-refractivity contribution >= 4 is 40.9 Å². The van der Waals surface area contributed by atoms with Crippen molar-refractivity contribution in [2.75, 3.05) is 16.4 Å². The number of benzene rings is 2. The van der Waals surface area contributed by atoms with Gasteiger partial charge in [-0.05, 0) is 62.1 Å². The number of allylic oxidation sites excluding steroid dienone is 1. The number of aryl methyl sites for hydroxylation is 1. The lowest BCUT2D eigenvalue weighted by Crippen LogP contribution is -2.31. The van der Waals surface area contributed by atoms with Gasteiger partial charge in [0.15, 0.2) is 0 Å². The van der Waals surface area contributed by atoms with E-state index in [4.69, 9.17) is 16.7 Å². The van der Waals surface area contributed by atoms with Gasteiger partial charge in [-0.3, -0.25) is 4.79 Å². The highest BCUT2D eigenvalue weighted by Crippen LogP contribution is 2.37. The fraction of sp³-hybridized carbons (Fsp3) is 0.292. The monoisotopic (exact) mass is 467 g/mol. The first-order chi connectivity index (χ1) is 15.4. The van der Waals surface area contributed by atoms with E-state index in [0.29, 0.717) is 21.7 Å². The average molecular weight is 468 g/mol. The van der Waals surface area contributed by atoms with Crippen LogP contribution in [0.2, 0.25) is 5.02 Å². The van der Waals surface area contributed by atoms with Crippen LogP contribution < -0.4 is 10.6 Å². The lowest BCUT2D eigenvalue weighted by Gasteiger charge is -2.29. The van der Waals surface area contributed by atoms with Gasteiger partial charge in [0.2, 0.25) is 11.1 Å². The molecule has 0 aliphatic carbocycles. The molecule has 166 valence electrons. The van der Waals surface area contributed by atoms with Gasteiger partial charge in [-0.25, -0.2) is 4.68 Å². The molecule has 2 heterocycles. The van der Waals surface area contributed by atoms with Crippen molar-refractivity contribution < 1.29 is 4.79 Å². The highest BCUT2D eigenvalue weighted by Gasteiger charge is 2.34. The van der Waals surface area contributed by atoms with Crippen LogP contribution in [0.25, 0.3) is 0 Å². The number of fused-ring (bicyclic) bond motifs is 1. The highest BCUT2D eigenvalue weighted by molar-refractivity contribution is 7.99. The Labute approximate surface area is 197 Å². The SMILES string of the molecule is CCCSc1nc2n(n1)C(c1ccc(Cl)cc1)C(C(=O)Nc1cccc(C)c1C)=C(C)N2. The molecule has 6 nitrogen and oxygen atoms in total. The van der Waals surface area contributed by atoms with Crippen molar-refractivity contribution in [1.82, 2.24) is 14.8 Å². The third-order valence-electron chi connectivity index (χ3n) is 5.55. The van der Waals surface area contributed by atoms with Crippen molar-refractivity contribution in [2.24, 2.45) is 0 Å². The average Bonchev–Trinajstić information content (AvgIpc) is 3.17. The molecule has 2 N–H and O–H groups in total. The van der Waals surface area contributed by atoms with E-state index in [1.54, 1.807) is 16.4 Å². The minimum atomic E-state index is -0.419. The van der Waals surface area contributed by atoms with Gasteiger partial charge in [-0.2, -0.15) is 4.98 Å². The number of carbonyl (C=O) groups is 1. The molecule has 0 bridgehead atoms. The Morgan fingerprint density at radius 1 is 1.19 bits per heavy atom. The predicted octanol–water partition coefficient (Wildman–Crippen LogP) is 5.98. The Morgan fingerprint density at radius 2 is 1.94 bits per heavy atom. The predicted molar refractivity (Wildman–Crippen MR) is 131 cm³/mol. The molecule has 1 unspecified atom stereocenters. The van der Waals surface area contributed by atoms with Gasteiger partial charge in [0.1, 0.15) is 6.04 Å². The third-order valence-corrected chi connectivity index (χ3v) is 6.85. The second-order valence-electron chi connectivity index (χ2n) is 7.83. The quantitative estimate of drug-likeness (QED) is 0.436. The van der Waals surface area contributed by atoms with Crippen LogP contribution >= 0.6 is 23.4 Å². The Kier molecular flexibility index (Phi) is 6.58. The van der Waals surface area contributed by atoms with E-state index in [9.17, 15) is 4.79 Å². The molecule has 0 spiro atoms. The molecule has 32 heavy (non-hydrogen) atoms. The number of hydrogen-bond donors (Lipinski definition) is 2. The van der Waals surface area contributed by atoms with Crippen LogP contribution in [0.1, 0.15) is 43.0 Å². The van der Waals surface area contributed by atoms with Gasteiger partial charge in [0.25, 0.3) is 5.91 Å². The van der Waals surface area contributed by atoms with Crippen LogP contribution in [0.4, 0.5) is 11.6 Å². The molecule has 8 heteroatoms. The number of rotatable bonds is 6. The molecule has 1 aliphatic rings. The summed E-state index contributed by atoms with van der Waals surface area (Å²) in [6.07, 6.45) is 1.03. The van der Waals surface area contributed by atoms with E-state index in [1.165, 1.54) is 0 Å². The summed E-state index contributed by atoms with van der Waals surface area (Å²) < 4.78 is 1.80. The maximum absolute atomic E-state index is 13.6. The number of thioether (sulfide) groups is 1. The van der Waals surface area contributed by atoms with Crippen molar-refractivity contribution in [1.29, 1.82) is 0 Å².